The lowest BCUT2D eigenvalue weighted by Crippen LogP contribution is -2.41. The van der Waals surface area contributed by atoms with Gasteiger partial charge < -0.3 is 29.9 Å². The van der Waals surface area contributed by atoms with Crippen molar-refractivity contribution in [3.8, 4) is 0 Å². The van der Waals surface area contributed by atoms with Gasteiger partial charge in [0.25, 0.3) is 0 Å². The fraction of sp³-hybridized carbons (Fsp3) is 0.951. The zero-order valence-corrected chi connectivity index (χ0v) is 32.1. The van der Waals surface area contributed by atoms with E-state index in [0.29, 0.717) is 12.8 Å². The smallest absolute Gasteiger partial charge is 0.305 e. The molecule has 0 saturated carbocycles. The van der Waals surface area contributed by atoms with Crippen LogP contribution in [0.4, 0.5) is 0 Å². The summed E-state index contributed by atoms with van der Waals surface area (Å²) in [5.74, 6) is -0.720. The van der Waals surface area contributed by atoms with E-state index in [-0.39, 0.29) is 37.4 Å². The molecule has 0 bridgehead atoms. The summed E-state index contributed by atoms with van der Waals surface area (Å²) in [4.78, 5) is 24.6. The van der Waals surface area contributed by atoms with Gasteiger partial charge in [0.15, 0.2) is 0 Å². The molecule has 0 radical (unpaired) electrons. The lowest BCUT2D eigenvalue weighted by Gasteiger charge is -2.28. The molecule has 0 aliphatic heterocycles. The van der Waals surface area contributed by atoms with Crippen LogP contribution in [0.25, 0.3) is 0 Å². The maximum atomic E-state index is 12.3. The third-order valence-corrected chi connectivity index (χ3v) is 9.87. The van der Waals surface area contributed by atoms with Gasteiger partial charge in [0.1, 0.15) is 13.2 Å². The van der Waals surface area contributed by atoms with Crippen LogP contribution in [0.3, 0.4) is 0 Å². The van der Waals surface area contributed by atoms with Crippen LogP contribution in [0, 0.1) is 5.41 Å². The Bertz CT molecular complexity index is 670. The van der Waals surface area contributed by atoms with E-state index >= 15 is 0 Å². The van der Waals surface area contributed by atoms with E-state index in [1.165, 1.54) is 77.0 Å². The van der Waals surface area contributed by atoms with Gasteiger partial charge in [0.2, 0.25) is 0 Å². The highest BCUT2D eigenvalue weighted by atomic mass is 16.5. The highest BCUT2D eigenvalue weighted by molar-refractivity contribution is 5.69. The van der Waals surface area contributed by atoms with Crippen LogP contribution in [0.2, 0.25) is 0 Å². The number of aliphatic hydroxyl groups excluding tert-OH is 4. The van der Waals surface area contributed by atoms with Crippen molar-refractivity contribution in [3.05, 3.63) is 0 Å². The van der Waals surface area contributed by atoms with Gasteiger partial charge >= 0.3 is 11.9 Å². The summed E-state index contributed by atoms with van der Waals surface area (Å²) in [5, 5.41) is 39.9. The molecule has 0 aliphatic rings. The molecule has 0 aromatic rings. The molecule has 0 saturated heterocycles. The molecule has 4 N–H and O–H groups in total. The number of carbonyl (C=O) groups excluding carboxylic acids is 2. The molecule has 0 rings (SSSR count). The van der Waals surface area contributed by atoms with E-state index in [9.17, 15) is 30.0 Å². The van der Waals surface area contributed by atoms with Crippen molar-refractivity contribution in [1.29, 1.82) is 0 Å². The second-order valence-electron chi connectivity index (χ2n) is 14.9. The number of esters is 2. The van der Waals surface area contributed by atoms with E-state index in [0.717, 1.165) is 103 Å². The quantitative estimate of drug-likeness (QED) is 0.0370. The predicted molar refractivity (Wildman–Crippen MR) is 200 cm³/mol. The molecule has 0 aliphatic carbocycles. The predicted octanol–water partition coefficient (Wildman–Crippen LogP) is 9.51. The Morgan fingerprint density at radius 2 is 0.714 bits per heavy atom. The minimum atomic E-state index is -1.19. The number of hydrogen-bond donors (Lipinski definition) is 4. The van der Waals surface area contributed by atoms with Gasteiger partial charge in [-0.1, -0.05) is 155 Å². The SMILES string of the molecule is CCCCCCC(O)CCCCCCCCCCC(=O)OCC(CO)(CO)COC(=O)CCCCCCCCCCC(O)CCCCCC. The van der Waals surface area contributed by atoms with Crippen molar-refractivity contribution in [2.24, 2.45) is 5.41 Å². The third-order valence-electron chi connectivity index (χ3n) is 9.87. The normalized spacial score (nSPS) is 13.0. The summed E-state index contributed by atoms with van der Waals surface area (Å²) in [6.45, 7) is 3.15. The average molecular weight is 701 g/mol. The first-order valence-electron chi connectivity index (χ1n) is 20.7. The molecule has 2 atom stereocenters. The summed E-state index contributed by atoms with van der Waals surface area (Å²) < 4.78 is 10.7. The first-order valence-corrected chi connectivity index (χ1v) is 20.7. The molecule has 0 heterocycles. The van der Waals surface area contributed by atoms with Crippen molar-refractivity contribution in [2.45, 2.75) is 219 Å². The number of rotatable bonds is 38. The maximum absolute atomic E-state index is 12.3. The minimum Gasteiger partial charge on any atom is -0.465 e. The number of hydrogen-bond acceptors (Lipinski definition) is 8. The molecular weight excluding hydrogens is 620 g/mol. The van der Waals surface area contributed by atoms with Crippen molar-refractivity contribution in [3.63, 3.8) is 0 Å². The van der Waals surface area contributed by atoms with Crippen LogP contribution < -0.4 is 0 Å². The molecule has 292 valence electrons. The lowest BCUT2D eigenvalue weighted by molar-refractivity contribution is -0.159. The molecule has 2 unspecified atom stereocenters. The van der Waals surface area contributed by atoms with Crippen LogP contribution >= 0.6 is 0 Å². The summed E-state index contributed by atoms with van der Waals surface area (Å²) in [6, 6.07) is 0. The second kappa shape index (κ2) is 35.2. The molecule has 8 nitrogen and oxygen atoms in total. The molecular formula is C41H80O8. The molecule has 49 heavy (non-hydrogen) atoms. The molecule has 0 spiro atoms. The van der Waals surface area contributed by atoms with Gasteiger partial charge in [0.05, 0.1) is 30.8 Å². The fourth-order valence-corrected chi connectivity index (χ4v) is 6.21. The van der Waals surface area contributed by atoms with E-state index in [1.54, 1.807) is 0 Å². The van der Waals surface area contributed by atoms with Gasteiger partial charge in [-0.2, -0.15) is 0 Å². The van der Waals surface area contributed by atoms with Crippen LogP contribution in [0.5, 0.6) is 0 Å². The van der Waals surface area contributed by atoms with Crippen molar-refractivity contribution in [1.82, 2.24) is 0 Å². The van der Waals surface area contributed by atoms with Crippen LogP contribution in [0.15, 0.2) is 0 Å². The van der Waals surface area contributed by atoms with Gasteiger partial charge in [0, 0.05) is 12.8 Å². The summed E-state index contributed by atoms with van der Waals surface area (Å²) >= 11 is 0. The lowest BCUT2D eigenvalue weighted by atomic mass is 9.92. The standard InChI is InChI=1S/C41H80O8/c1-3-5-7-21-27-37(44)29-23-17-13-9-11-15-19-25-31-39(46)48-35-41(33-42,34-43)36-49-40(47)32-26-20-16-12-10-14-18-24-30-38(45)28-22-8-6-4-2/h37-38,42-45H,3-36H2,1-2H3. The summed E-state index contributed by atoms with van der Waals surface area (Å²) in [6.07, 6.45) is 30.8. The molecule has 0 aromatic carbocycles. The minimum absolute atomic E-state index is 0.139. The maximum Gasteiger partial charge on any atom is 0.305 e. The Hall–Kier alpha value is -1.22. The van der Waals surface area contributed by atoms with Crippen molar-refractivity contribution in [2.75, 3.05) is 26.4 Å². The van der Waals surface area contributed by atoms with E-state index in [4.69, 9.17) is 9.47 Å². The van der Waals surface area contributed by atoms with Crippen LogP contribution in [-0.2, 0) is 19.1 Å². The summed E-state index contributed by atoms with van der Waals surface area (Å²) in [5.41, 5.74) is -1.19. The Morgan fingerprint density at radius 1 is 0.449 bits per heavy atom. The number of aliphatic hydroxyl groups is 4. The van der Waals surface area contributed by atoms with E-state index < -0.39 is 18.6 Å². The molecule has 0 fully saturated rings. The van der Waals surface area contributed by atoms with Crippen LogP contribution in [-0.4, -0.2) is 71.0 Å². The van der Waals surface area contributed by atoms with Gasteiger partial charge in [-0.25, -0.2) is 0 Å². The fourth-order valence-electron chi connectivity index (χ4n) is 6.21. The molecule has 0 aromatic heterocycles. The van der Waals surface area contributed by atoms with Crippen LogP contribution in [0.1, 0.15) is 206 Å². The molecule has 0 amide bonds. The number of carbonyl (C=O) groups is 2. The topological polar surface area (TPSA) is 134 Å². The van der Waals surface area contributed by atoms with Gasteiger partial charge in [-0.15, -0.1) is 0 Å². The Labute approximate surface area is 301 Å². The van der Waals surface area contributed by atoms with Crippen molar-refractivity contribution < 1.29 is 39.5 Å². The largest absolute Gasteiger partial charge is 0.465 e. The third kappa shape index (κ3) is 31.3. The highest BCUT2D eigenvalue weighted by Gasteiger charge is 2.33. The Balaban J connectivity index is 3.80. The van der Waals surface area contributed by atoms with E-state index in [1.807, 2.05) is 0 Å². The second-order valence-corrected chi connectivity index (χ2v) is 14.9. The summed E-state index contributed by atoms with van der Waals surface area (Å²) in [7, 11) is 0. The monoisotopic (exact) mass is 701 g/mol. The Morgan fingerprint density at radius 3 is 1.00 bits per heavy atom. The first kappa shape index (κ1) is 47.8. The molecule has 8 heteroatoms. The zero-order valence-electron chi connectivity index (χ0n) is 32.1. The first-order chi connectivity index (χ1) is 23.8. The number of ether oxygens (including phenoxy) is 2. The Kier molecular flexibility index (Phi) is 34.3. The number of unbranched alkanes of at least 4 members (excludes halogenated alkanes) is 20. The van der Waals surface area contributed by atoms with E-state index in [2.05, 4.69) is 13.8 Å². The highest BCUT2D eigenvalue weighted by Crippen LogP contribution is 2.20. The average Bonchev–Trinajstić information content (AvgIpc) is 3.10. The van der Waals surface area contributed by atoms with Crippen molar-refractivity contribution >= 4 is 11.9 Å². The van der Waals surface area contributed by atoms with Gasteiger partial charge in [-0.3, -0.25) is 9.59 Å². The zero-order chi connectivity index (χ0) is 36.3. The van der Waals surface area contributed by atoms with Gasteiger partial charge in [-0.05, 0) is 38.5 Å².